The van der Waals surface area contributed by atoms with Crippen LogP contribution < -0.4 is 15.8 Å². The van der Waals surface area contributed by atoms with Gasteiger partial charge >= 0.3 is 0 Å². The Labute approximate surface area is 150 Å². The minimum Gasteiger partial charge on any atom is -0.340 e. The first-order chi connectivity index (χ1) is 12.4. The molecule has 0 fully saturated rings. The number of amides is 1. The molecule has 3 aromatic rings. The average Bonchev–Trinajstić information content (AvgIpc) is 3.03. The summed E-state index contributed by atoms with van der Waals surface area (Å²) in [5, 5.41) is 25.6. The second-order valence-electron chi connectivity index (χ2n) is 5.16. The summed E-state index contributed by atoms with van der Waals surface area (Å²) in [5.41, 5.74) is -0.165. The van der Waals surface area contributed by atoms with Gasteiger partial charge in [-0.2, -0.15) is 5.10 Å². The fraction of sp³-hybridized carbons (Fsp3) is 0.143. The van der Waals surface area contributed by atoms with E-state index in [1.54, 1.807) is 7.05 Å². The van der Waals surface area contributed by atoms with E-state index < -0.39 is 11.5 Å². The lowest BCUT2D eigenvalue weighted by Crippen LogP contribution is -2.27. The SMILES string of the molecule is Cn1nnnc1NC(=O)c1nn(C)c(=O)c(-c2ccc(OO)cc2)c1Cl. The fourth-order valence-corrected chi connectivity index (χ4v) is 2.50. The summed E-state index contributed by atoms with van der Waals surface area (Å²) in [5.74, 6) is -0.406. The summed E-state index contributed by atoms with van der Waals surface area (Å²) in [7, 11) is 2.94. The molecule has 0 atom stereocenters. The quantitative estimate of drug-likeness (QED) is 0.501. The summed E-state index contributed by atoms with van der Waals surface area (Å²) in [6.45, 7) is 0. The fourth-order valence-electron chi connectivity index (χ4n) is 2.19. The van der Waals surface area contributed by atoms with Gasteiger partial charge < -0.3 is 4.89 Å². The second kappa shape index (κ2) is 6.90. The third kappa shape index (κ3) is 3.12. The third-order valence-corrected chi connectivity index (χ3v) is 3.86. The highest BCUT2D eigenvalue weighted by molar-refractivity contribution is 6.36. The lowest BCUT2D eigenvalue weighted by atomic mass is 10.1. The molecule has 1 amide bonds. The number of nitrogens with zero attached hydrogens (tertiary/aromatic N) is 6. The molecule has 0 aliphatic carbocycles. The van der Waals surface area contributed by atoms with E-state index in [0.717, 1.165) is 4.68 Å². The van der Waals surface area contributed by atoms with Crippen molar-refractivity contribution in [1.29, 1.82) is 0 Å². The summed E-state index contributed by atoms with van der Waals surface area (Å²) < 4.78 is 2.25. The van der Waals surface area contributed by atoms with E-state index in [9.17, 15) is 9.59 Å². The van der Waals surface area contributed by atoms with Crippen molar-refractivity contribution in [1.82, 2.24) is 30.0 Å². The van der Waals surface area contributed by atoms with Crippen LogP contribution in [0.3, 0.4) is 0 Å². The Morgan fingerprint density at radius 1 is 1.23 bits per heavy atom. The van der Waals surface area contributed by atoms with Gasteiger partial charge in [0.05, 0.1) is 10.6 Å². The first kappa shape index (κ1) is 17.5. The average molecular weight is 378 g/mol. The van der Waals surface area contributed by atoms with Crippen molar-refractivity contribution in [3.05, 3.63) is 45.3 Å². The van der Waals surface area contributed by atoms with Gasteiger partial charge in [-0.25, -0.2) is 14.6 Å². The lowest BCUT2D eigenvalue weighted by Gasteiger charge is -2.11. The van der Waals surface area contributed by atoms with Gasteiger partial charge in [0.15, 0.2) is 11.4 Å². The van der Waals surface area contributed by atoms with Crippen LogP contribution in [0.1, 0.15) is 10.5 Å². The Balaban J connectivity index is 2.07. The van der Waals surface area contributed by atoms with Crippen molar-refractivity contribution >= 4 is 23.5 Å². The minimum atomic E-state index is -0.680. The number of benzene rings is 1. The number of tetrazole rings is 1. The number of aryl methyl sites for hydroxylation is 2. The van der Waals surface area contributed by atoms with Gasteiger partial charge in [0.25, 0.3) is 11.5 Å². The van der Waals surface area contributed by atoms with Crippen LogP contribution in [0, 0.1) is 0 Å². The number of carbonyl (C=O) groups is 1. The van der Waals surface area contributed by atoms with Crippen molar-refractivity contribution in [2.24, 2.45) is 14.1 Å². The Morgan fingerprint density at radius 2 is 1.92 bits per heavy atom. The molecule has 0 unspecified atom stereocenters. The highest BCUT2D eigenvalue weighted by atomic mass is 35.5. The predicted octanol–water partition coefficient (Wildman–Crippen LogP) is 0.728. The molecule has 26 heavy (non-hydrogen) atoms. The van der Waals surface area contributed by atoms with Crippen LogP contribution in [0.5, 0.6) is 5.75 Å². The number of rotatable bonds is 4. The monoisotopic (exact) mass is 377 g/mol. The van der Waals surface area contributed by atoms with Crippen molar-refractivity contribution < 1.29 is 14.9 Å². The van der Waals surface area contributed by atoms with Crippen molar-refractivity contribution in [2.45, 2.75) is 0 Å². The predicted molar refractivity (Wildman–Crippen MR) is 89.9 cm³/mol. The molecule has 12 heteroatoms. The zero-order chi connectivity index (χ0) is 18.8. The third-order valence-electron chi connectivity index (χ3n) is 3.49. The molecule has 134 valence electrons. The zero-order valence-electron chi connectivity index (χ0n) is 13.5. The largest absolute Gasteiger partial charge is 0.340 e. The van der Waals surface area contributed by atoms with Gasteiger partial charge in [0.2, 0.25) is 5.95 Å². The molecular formula is C14H12ClN7O4. The van der Waals surface area contributed by atoms with Gasteiger partial charge in [0, 0.05) is 14.1 Å². The number of aromatic nitrogens is 6. The number of hydrogen-bond acceptors (Lipinski definition) is 8. The number of halogens is 1. The molecule has 3 rings (SSSR count). The lowest BCUT2D eigenvalue weighted by molar-refractivity contribution is -0.137. The molecule has 0 saturated carbocycles. The maximum Gasteiger partial charge on any atom is 0.280 e. The molecule has 2 heterocycles. The van der Waals surface area contributed by atoms with Crippen LogP contribution in [0.2, 0.25) is 5.02 Å². The van der Waals surface area contributed by atoms with Crippen LogP contribution in [-0.4, -0.2) is 41.2 Å². The van der Waals surface area contributed by atoms with Crippen molar-refractivity contribution in [2.75, 3.05) is 5.32 Å². The molecule has 2 aromatic heterocycles. The van der Waals surface area contributed by atoms with E-state index in [4.69, 9.17) is 16.9 Å². The molecule has 0 radical (unpaired) electrons. The molecular weight excluding hydrogens is 366 g/mol. The number of nitrogens with one attached hydrogen (secondary N) is 1. The van der Waals surface area contributed by atoms with Crippen LogP contribution in [0.4, 0.5) is 5.95 Å². The zero-order valence-corrected chi connectivity index (χ0v) is 14.3. The highest BCUT2D eigenvalue weighted by Crippen LogP contribution is 2.28. The maximum absolute atomic E-state index is 12.5. The molecule has 0 bridgehead atoms. The summed E-state index contributed by atoms with van der Waals surface area (Å²) in [4.78, 5) is 29.1. The molecule has 1 aromatic carbocycles. The van der Waals surface area contributed by atoms with Crippen LogP contribution in [0.25, 0.3) is 11.1 Å². The van der Waals surface area contributed by atoms with Gasteiger partial charge in [-0.3, -0.25) is 14.9 Å². The minimum absolute atomic E-state index is 0.0786. The Bertz CT molecular complexity index is 1030. The van der Waals surface area contributed by atoms with E-state index in [2.05, 4.69) is 30.8 Å². The van der Waals surface area contributed by atoms with Crippen LogP contribution in [-0.2, 0) is 14.1 Å². The van der Waals surface area contributed by atoms with Gasteiger partial charge in [-0.1, -0.05) is 28.8 Å². The van der Waals surface area contributed by atoms with Gasteiger partial charge in [-0.15, -0.1) is 0 Å². The summed E-state index contributed by atoms with van der Waals surface area (Å²) in [6, 6.07) is 5.91. The Kier molecular flexibility index (Phi) is 4.65. The number of hydrogen-bond donors (Lipinski definition) is 2. The molecule has 0 aliphatic rings. The molecule has 2 N–H and O–H groups in total. The molecule has 0 aliphatic heterocycles. The second-order valence-corrected chi connectivity index (χ2v) is 5.54. The maximum atomic E-state index is 12.5. The number of carbonyl (C=O) groups excluding carboxylic acids is 1. The van der Waals surface area contributed by atoms with E-state index in [0.29, 0.717) is 5.56 Å². The molecule has 0 spiro atoms. The summed E-state index contributed by atoms with van der Waals surface area (Å²) >= 11 is 6.29. The first-order valence-corrected chi connectivity index (χ1v) is 7.52. The smallest absolute Gasteiger partial charge is 0.280 e. The Hall–Kier alpha value is -3.31. The van der Waals surface area contributed by atoms with E-state index in [1.165, 1.54) is 36.0 Å². The summed E-state index contributed by atoms with van der Waals surface area (Å²) in [6.07, 6.45) is 0. The van der Waals surface area contributed by atoms with Gasteiger partial charge in [0.1, 0.15) is 0 Å². The van der Waals surface area contributed by atoms with E-state index in [1.807, 2.05) is 0 Å². The van der Waals surface area contributed by atoms with E-state index in [-0.39, 0.29) is 28.0 Å². The van der Waals surface area contributed by atoms with Crippen LogP contribution >= 0.6 is 11.6 Å². The topological polar surface area (TPSA) is 137 Å². The molecule has 0 saturated heterocycles. The Morgan fingerprint density at radius 3 is 2.50 bits per heavy atom. The first-order valence-electron chi connectivity index (χ1n) is 7.14. The van der Waals surface area contributed by atoms with Crippen LogP contribution in [0.15, 0.2) is 29.1 Å². The van der Waals surface area contributed by atoms with Crippen molar-refractivity contribution in [3.8, 4) is 16.9 Å². The van der Waals surface area contributed by atoms with E-state index >= 15 is 0 Å². The normalized spacial score (nSPS) is 10.6. The molecule has 11 nitrogen and oxygen atoms in total. The highest BCUT2D eigenvalue weighted by Gasteiger charge is 2.22. The van der Waals surface area contributed by atoms with Crippen molar-refractivity contribution in [3.63, 3.8) is 0 Å². The standard InChI is InChI=1S/C14H12ClN7O4/c1-21-13(24)9(7-3-5-8(26-25)6-4-7)10(15)11(18-21)12(23)16-14-17-19-20-22(14)2/h3-6,25H,1-2H3,(H,16,17,20,23). The van der Waals surface area contributed by atoms with Gasteiger partial charge in [-0.05, 0) is 28.1 Å². The number of anilines is 1.